The molecule has 1 amide bonds. The minimum Gasteiger partial charge on any atom is -0.352 e. The molecule has 0 aliphatic carbocycles. The summed E-state index contributed by atoms with van der Waals surface area (Å²) in [7, 11) is -3.82. The molecule has 0 aromatic heterocycles. The molecule has 0 aliphatic heterocycles. The Kier molecular flexibility index (Phi) is 6.58. The lowest BCUT2D eigenvalue weighted by Crippen LogP contribution is -2.43. The van der Waals surface area contributed by atoms with Crippen LogP contribution in [0.2, 0.25) is 0 Å². The maximum atomic E-state index is 13.0. The van der Waals surface area contributed by atoms with E-state index in [0.717, 1.165) is 17.1 Å². The van der Waals surface area contributed by atoms with E-state index < -0.39 is 10.0 Å². The van der Waals surface area contributed by atoms with Crippen molar-refractivity contribution in [3.05, 3.63) is 60.7 Å². The van der Waals surface area contributed by atoms with Crippen LogP contribution in [0.5, 0.6) is 0 Å². The van der Waals surface area contributed by atoms with Gasteiger partial charge in [-0.2, -0.15) is 0 Å². The van der Waals surface area contributed by atoms with Crippen molar-refractivity contribution in [1.82, 2.24) is 5.32 Å². The molecule has 0 saturated heterocycles. The van der Waals surface area contributed by atoms with Crippen molar-refractivity contribution in [2.24, 2.45) is 0 Å². The van der Waals surface area contributed by atoms with Crippen LogP contribution in [0.15, 0.2) is 65.6 Å². The van der Waals surface area contributed by atoms with Crippen LogP contribution in [0.25, 0.3) is 0 Å². The van der Waals surface area contributed by atoms with E-state index in [1.165, 1.54) is 12.1 Å². The van der Waals surface area contributed by atoms with E-state index >= 15 is 0 Å². The molecule has 0 radical (unpaired) electrons. The summed E-state index contributed by atoms with van der Waals surface area (Å²) in [5.41, 5.74) is 0.463. The average Bonchev–Trinajstić information content (AvgIpc) is 2.61. The van der Waals surface area contributed by atoms with E-state index in [9.17, 15) is 13.2 Å². The van der Waals surface area contributed by atoms with E-state index in [2.05, 4.69) is 5.32 Å². The molecule has 0 unspecified atom stereocenters. The van der Waals surface area contributed by atoms with Gasteiger partial charge in [0.2, 0.25) is 5.91 Å². The van der Waals surface area contributed by atoms with Crippen LogP contribution in [0.3, 0.4) is 0 Å². The summed E-state index contributed by atoms with van der Waals surface area (Å²) in [4.78, 5) is 12.5. The number of amides is 1. The van der Waals surface area contributed by atoms with Gasteiger partial charge < -0.3 is 5.32 Å². The Labute approximate surface area is 149 Å². The van der Waals surface area contributed by atoms with Crippen molar-refractivity contribution >= 4 is 21.6 Å². The van der Waals surface area contributed by atoms with E-state index in [1.54, 1.807) is 48.5 Å². The van der Waals surface area contributed by atoms with Gasteiger partial charge in [0.05, 0.1) is 10.6 Å². The van der Waals surface area contributed by atoms with Crippen LogP contribution in [0, 0.1) is 0 Å². The van der Waals surface area contributed by atoms with Crippen LogP contribution < -0.4 is 9.62 Å². The minimum atomic E-state index is -3.82. The zero-order valence-electron chi connectivity index (χ0n) is 14.6. The van der Waals surface area contributed by atoms with Gasteiger partial charge in [0, 0.05) is 6.04 Å². The SMILES string of the molecule is CCC[C@H](C)NC(=O)CN(c1ccccc1)S(=O)(=O)c1ccccc1. The third-order valence-electron chi connectivity index (χ3n) is 3.79. The smallest absolute Gasteiger partial charge is 0.264 e. The quantitative estimate of drug-likeness (QED) is 0.786. The van der Waals surface area contributed by atoms with Crippen molar-refractivity contribution < 1.29 is 13.2 Å². The number of sulfonamides is 1. The zero-order valence-corrected chi connectivity index (χ0v) is 15.4. The van der Waals surface area contributed by atoms with E-state index in [0.29, 0.717) is 5.69 Å². The van der Waals surface area contributed by atoms with Gasteiger partial charge in [-0.1, -0.05) is 49.7 Å². The molecule has 134 valence electrons. The fourth-order valence-electron chi connectivity index (χ4n) is 2.59. The summed E-state index contributed by atoms with van der Waals surface area (Å²) >= 11 is 0. The Balaban J connectivity index is 2.30. The summed E-state index contributed by atoms with van der Waals surface area (Å²) in [6.45, 7) is 3.70. The third kappa shape index (κ3) is 5.06. The van der Waals surface area contributed by atoms with Crippen molar-refractivity contribution in [3.8, 4) is 0 Å². The number of anilines is 1. The molecular formula is C19H24N2O3S. The summed E-state index contributed by atoms with van der Waals surface area (Å²) in [5, 5.41) is 2.86. The molecule has 0 bridgehead atoms. The van der Waals surface area contributed by atoms with E-state index in [-0.39, 0.29) is 23.4 Å². The van der Waals surface area contributed by atoms with Gasteiger partial charge in [-0.05, 0) is 37.6 Å². The van der Waals surface area contributed by atoms with Gasteiger partial charge in [0.15, 0.2) is 0 Å². The lowest BCUT2D eigenvalue weighted by Gasteiger charge is -2.25. The lowest BCUT2D eigenvalue weighted by molar-refractivity contribution is -0.120. The normalized spacial score (nSPS) is 12.4. The summed E-state index contributed by atoms with van der Waals surface area (Å²) in [6.07, 6.45) is 1.80. The van der Waals surface area contributed by atoms with Gasteiger partial charge in [0.1, 0.15) is 6.54 Å². The summed E-state index contributed by atoms with van der Waals surface area (Å²) in [6, 6.07) is 16.8. The highest BCUT2D eigenvalue weighted by atomic mass is 32.2. The predicted octanol–water partition coefficient (Wildman–Crippen LogP) is 3.19. The number of carbonyl (C=O) groups is 1. The second-order valence-corrected chi connectivity index (χ2v) is 7.78. The van der Waals surface area contributed by atoms with Crippen LogP contribution in [-0.2, 0) is 14.8 Å². The number of hydrogen-bond donors (Lipinski definition) is 1. The van der Waals surface area contributed by atoms with Gasteiger partial charge >= 0.3 is 0 Å². The van der Waals surface area contributed by atoms with E-state index in [1.807, 2.05) is 13.8 Å². The fraction of sp³-hybridized carbons (Fsp3) is 0.316. The third-order valence-corrected chi connectivity index (χ3v) is 5.58. The van der Waals surface area contributed by atoms with Gasteiger partial charge in [-0.15, -0.1) is 0 Å². The molecule has 0 fully saturated rings. The first-order valence-corrected chi connectivity index (χ1v) is 9.81. The Bertz CT molecular complexity index is 777. The van der Waals surface area contributed by atoms with Crippen LogP contribution >= 0.6 is 0 Å². The van der Waals surface area contributed by atoms with Gasteiger partial charge in [0.25, 0.3) is 10.0 Å². The number of carbonyl (C=O) groups excluding carboxylic acids is 1. The molecule has 2 aromatic rings. The number of hydrogen-bond acceptors (Lipinski definition) is 3. The maximum absolute atomic E-state index is 13.0. The monoisotopic (exact) mass is 360 g/mol. The first-order chi connectivity index (χ1) is 11.9. The molecule has 0 spiro atoms. The molecule has 6 heteroatoms. The topological polar surface area (TPSA) is 66.5 Å². The maximum Gasteiger partial charge on any atom is 0.264 e. The van der Waals surface area contributed by atoms with Gasteiger partial charge in [-0.25, -0.2) is 8.42 Å². The lowest BCUT2D eigenvalue weighted by atomic mass is 10.2. The molecule has 0 heterocycles. The van der Waals surface area contributed by atoms with Crippen molar-refractivity contribution in [3.63, 3.8) is 0 Å². The zero-order chi connectivity index (χ0) is 18.3. The van der Waals surface area contributed by atoms with Crippen LogP contribution in [0.1, 0.15) is 26.7 Å². The fourth-order valence-corrected chi connectivity index (χ4v) is 4.03. The Morgan fingerprint density at radius 3 is 2.16 bits per heavy atom. The average molecular weight is 360 g/mol. The summed E-state index contributed by atoms with van der Waals surface area (Å²) < 4.78 is 27.2. The predicted molar refractivity (Wildman–Crippen MR) is 99.9 cm³/mol. The highest BCUT2D eigenvalue weighted by Gasteiger charge is 2.27. The highest BCUT2D eigenvalue weighted by molar-refractivity contribution is 7.92. The van der Waals surface area contributed by atoms with E-state index in [4.69, 9.17) is 0 Å². The largest absolute Gasteiger partial charge is 0.352 e. The second kappa shape index (κ2) is 8.67. The highest BCUT2D eigenvalue weighted by Crippen LogP contribution is 2.23. The van der Waals surface area contributed by atoms with Crippen molar-refractivity contribution in [1.29, 1.82) is 0 Å². The van der Waals surface area contributed by atoms with Gasteiger partial charge in [-0.3, -0.25) is 9.10 Å². The van der Waals surface area contributed by atoms with Crippen LogP contribution in [0.4, 0.5) is 5.69 Å². The number of nitrogens with zero attached hydrogens (tertiary/aromatic N) is 1. The molecule has 25 heavy (non-hydrogen) atoms. The molecule has 2 rings (SSSR count). The Morgan fingerprint density at radius 1 is 1.04 bits per heavy atom. The number of rotatable bonds is 8. The number of nitrogens with one attached hydrogen (secondary N) is 1. The second-order valence-electron chi connectivity index (χ2n) is 5.92. The summed E-state index contributed by atoms with van der Waals surface area (Å²) in [5.74, 6) is -0.315. The standard InChI is InChI=1S/C19H24N2O3S/c1-3-10-16(2)20-19(22)15-21(17-11-6-4-7-12-17)25(23,24)18-13-8-5-9-14-18/h4-9,11-14,16H,3,10,15H2,1-2H3,(H,20,22)/t16-/m0/s1. The molecular weight excluding hydrogens is 336 g/mol. The molecule has 1 N–H and O–H groups in total. The van der Waals surface area contributed by atoms with Crippen molar-refractivity contribution in [2.75, 3.05) is 10.8 Å². The Morgan fingerprint density at radius 2 is 1.60 bits per heavy atom. The molecule has 1 atom stereocenters. The molecule has 0 aliphatic rings. The molecule has 5 nitrogen and oxygen atoms in total. The number of benzene rings is 2. The Hall–Kier alpha value is -2.34. The van der Waals surface area contributed by atoms with Crippen LogP contribution in [-0.4, -0.2) is 26.9 Å². The first kappa shape index (κ1) is 19.0. The number of para-hydroxylation sites is 1. The van der Waals surface area contributed by atoms with Crippen molar-refractivity contribution in [2.45, 2.75) is 37.6 Å². The minimum absolute atomic E-state index is 0.00885. The molecule has 2 aromatic carbocycles. The first-order valence-electron chi connectivity index (χ1n) is 8.37. The molecule has 0 saturated carbocycles.